The van der Waals surface area contributed by atoms with E-state index in [2.05, 4.69) is 18.7 Å². The predicted octanol–water partition coefficient (Wildman–Crippen LogP) is -1.28. The van der Waals surface area contributed by atoms with Crippen molar-refractivity contribution < 1.29 is 24.0 Å². The van der Waals surface area contributed by atoms with E-state index in [1.165, 1.54) is 28.8 Å². The summed E-state index contributed by atoms with van der Waals surface area (Å²) in [7, 11) is 0.811. The van der Waals surface area contributed by atoms with Gasteiger partial charge in [0, 0.05) is 12.2 Å². The van der Waals surface area contributed by atoms with E-state index in [4.69, 9.17) is 0 Å². The smallest absolute Gasteiger partial charge is 0.153 e. The molecule has 0 nitrogen and oxygen atoms in total. The molecule has 1 fully saturated rings. The summed E-state index contributed by atoms with van der Waals surface area (Å²) >= 11 is 2.14. The van der Waals surface area contributed by atoms with Crippen LogP contribution in [-0.2, 0) is 10.9 Å². The molecule has 3 heteroatoms. The van der Waals surface area contributed by atoms with Crippen molar-refractivity contribution in [2.75, 3.05) is 22.3 Å². The van der Waals surface area contributed by atoms with Crippen LogP contribution in [0.5, 0.6) is 0 Å². The van der Waals surface area contributed by atoms with Gasteiger partial charge in [0.2, 0.25) is 0 Å². The number of halogens is 1. The van der Waals surface area contributed by atoms with E-state index in [0.717, 1.165) is 10.9 Å². The largest absolute Gasteiger partial charge is 1.00 e. The standard InChI is InChI=1S/C6H13S2.HI/c1-2-8-5-3-4-7-6-8;/h2-6H2,1H3;1H/q+1;/p-1. The molecule has 1 heterocycles. The minimum atomic E-state index is 0. The van der Waals surface area contributed by atoms with Gasteiger partial charge in [0.25, 0.3) is 0 Å². The van der Waals surface area contributed by atoms with Crippen LogP contribution in [0.3, 0.4) is 0 Å². The van der Waals surface area contributed by atoms with Crippen LogP contribution in [0.1, 0.15) is 13.3 Å². The average Bonchev–Trinajstić information content (AvgIpc) is 1.90. The lowest BCUT2D eigenvalue weighted by Gasteiger charge is -2.10. The summed E-state index contributed by atoms with van der Waals surface area (Å²) < 4.78 is 0. The number of rotatable bonds is 1. The van der Waals surface area contributed by atoms with Crippen LogP contribution in [-0.4, -0.2) is 22.3 Å². The molecule has 0 aromatic heterocycles. The molecule has 1 unspecified atom stereocenters. The average molecular weight is 276 g/mol. The summed E-state index contributed by atoms with van der Waals surface area (Å²) in [5.41, 5.74) is 0. The molecule has 1 atom stereocenters. The second kappa shape index (κ2) is 6.16. The van der Waals surface area contributed by atoms with Crippen molar-refractivity contribution in [2.45, 2.75) is 13.3 Å². The fraction of sp³-hybridized carbons (Fsp3) is 1.00. The Hall–Kier alpha value is 1.43. The Morgan fingerprint density at radius 3 is 2.67 bits per heavy atom. The van der Waals surface area contributed by atoms with Gasteiger partial charge in [-0.2, -0.15) is 0 Å². The van der Waals surface area contributed by atoms with Gasteiger partial charge in [-0.1, -0.05) is 0 Å². The van der Waals surface area contributed by atoms with Crippen molar-refractivity contribution in [3.8, 4) is 0 Å². The summed E-state index contributed by atoms with van der Waals surface area (Å²) in [6.45, 7) is 2.31. The first-order chi connectivity index (χ1) is 3.93. The van der Waals surface area contributed by atoms with Gasteiger partial charge in [0.1, 0.15) is 11.5 Å². The highest BCUT2D eigenvalue weighted by Gasteiger charge is 2.18. The molecule has 0 bridgehead atoms. The van der Waals surface area contributed by atoms with Gasteiger partial charge in [0.15, 0.2) is 5.08 Å². The molecule has 0 N–H and O–H groups in total. The summed E-state index contributed by atoms with van der Waals surface area (Å²) in [6, 6.07) is 0. The number of thioether (sulfide) groups is 1. The number of hydrogen-bond donors (Lipinski definition) is 0. The van der Waals surface area contributed by atoms with E-state index in [1.807, 2.05) is 0 Å². The second-order valence-corrected chi connectivity index (χ2v) is 5.95. The first-order valence-corrected chi connectivity index (χ1v) is 6.04. The van der Waals surface area contributed by atoms with Crippen molar-refractivity contribution >= 4 is 22.7 Å². The maximum atomic E-state index is 2.31. The quantitative estimate of drug-likeness (QED) is 0.425. The Morgan fingerprint density at radius 1 is 1.56 bits per heavy atom. The molecular formula is C6H13IS2. The van der Waals surface area contributed by atoms with E-state index >= 15 is 0 Å². The lowest BCUT2D eigenvalue weighted by Crippen LogP contribution is -3.00. The highest BCUT2D eigenvalue weighted by atomic mass is 127. The Labute approximate surface area is 81.9 Å². The molecule has 0 spiro atoms. The minimum Gasteiger partial charge on any atom is -1.00 e. The fourth-order valence-corrected chi connectivity index (χ4v) is 4.75. The van der Waals surface area contributed by atoms with Crippen LogP contribution < -0.4 is 24.0 Å². The predicted molar refractivity (Wildman–Crippen MR) is 44.7 cm³/mol. The van der Waals surface area contributed by atoms with Gasteiger partial charge in [-0.15, -0.1) is 11.8 Å². The van der Waals surface area contributed by atoms with E-state index in [-0.39, 0.29) is 24.0 Å². The van der Waals surface area contributed by atoms with Crippen LogP contribution >= 0.6 is 11.8 Å². The molecule has 56 valence electrons. The zero-order valence-corrected chi connectivity index (χ0v) is 9.52. The van der Waals surface area contributed by atoms with Gasteiger partial charge in [-0.25, -0.2) is 0 Å². The molecule has 0 aromatic rings. The third-order valence-electron chi connectivity index (χ3n) is 1.38. The summed E-state index contributed by atoms with van der Waals surface area (Å²) in [4.78, 5) is 0. The third-order valence-corrected chi connectivity index (χ3v) is 5.64. The van der Waals surface area contributed by atoms with Crippen LogP contribution in [0, 0.1) is 0 Å². The van der Waals surface area contributed by atoms with Crippen LogP contribution in [0.2, 0.25) is 0 Å². The molecule has 0 saturated carbocycles. The van der Waals surface area contributed by atoms with Crippen molar-refractivity contribution in [3.63, 3.8) is 0 Å². The molecule has 1 aliphatic rings. The Balaban J connectivity index is 0.000000640. The summed E-state index contributed by atoms with van der Waals surface area (Å²) in [5.74, 6) is 4.36. The first-order valence-electron chi connectivity index (χ1n) is 3.15. The van der Waals surface area contributed by atoms with Crippen LogP contribution in [0.15, 0.2) is 0 Å². The molecule has 1 saturated heterocycles. The number of hydrogen-bond acceptors (Lipinski definition) is 1. The molecular weight excluding hydrogens is 263 g/mol. The third kappa shape index (κ3) is 3.98. The first kappa shape index (κ1) is 10.4. The highest BCUT2D eigenvalue weighted by Crippen LogP contribution is 2.17. The second-order valence-electron chi connectivity index (χ2n) is 1.98. The Bertz CT molecular complexity index is 62.1. The van der Waals surface area contributed by atoms with E-state index < -0.39 is 0 Å². The van der Waals surface area contributed by atoms with Gasteiger partial charge in [-0.3, -0.25) is 0 Å². The van der Waals surface area contributed by atoms with Crippen molar-refractivity contribution in [1.82, 2.24) is 0 Å². The van der Waals surface area contributed by atoms with Crippen molar-refractivity contribution in [2.24, 2.45) is 0 Å². The van der Waals surface area contributed by atoms with Gasteiger partial charge >= 0.3 is 0 Å². The normalized spacial score (nSPS) is 27.0. The van der Waals surface area contributed by atoms with Gasteiger partial charge in [-0.05, 0) is 17.8 Å². The molecule has 9 heavy (non-hydrogen) atoms. The van der Waals surface area contributed by atoms with Crippen LogP contribution in [0.4, 0.5) is 0 Å². The van der Waals surface area contributed by atoms with Crippen LogP contribution in [0.25, 0.3) is 0 Å². The zero-order chi connectivity index (χ0) is 5.82. The zero-order valence-electron chi connectivity index (χ0n) is 5.73. The van der Waals surface area contributed by atoms with E-state index in [1.54, 1.807) is 0 Å². The lowest BCUT2D eigenvalue weighted by atomic mass is 10.6. The molecule has 1 aliphatic heterocycles. The van der Waals surface area contributed by atoms with E-state index in [0.29, 0.717) is 0 Å². The minimum absolute atomic E-state index is 0. The molecule has 1 rings (SSSR count). The maximum Gasteiger partial charge on any atom is 0.153 e. The lowest BCUT2D eigenvalue weighted by molar-refractivity contribution is -0.00000170. The maximum absolute atomic E-state index is 2.31. The molecule has 0 aromatic carbocycles. The van der Waals surface area contributed by atoms with Crippen molar-refractivity contribution in [3.05, 3.63) is 0 Å². The Morgan fingerprint density at radius 2 is 2.33 bits per heavy atom. The monoisotopic (exact) mass is 276 g/mol. The highest BCUT2D eigenvalue weighted by molar-refractivity contribution is 8.15. The topological polar surface area (TPSA) is 0 Å². The summed E-state index contributed by atoms with van der Waals surface area (Å²) in [5, 5.41) is 1.45. The van der Waals surface area contributed by atoms with Gasteiger partial charge < -0.3 is 24.0 Å². The fourth-order valence-electron chi connectivity index (χ4n) is 0.828. The molecule has 0 aliphatic carbocycles. The summed E-state index contributed by atoms with van der Waals surface area (Å²) in [6.07, 6.45) is 1.47. The van der Waals surface area contributed by atoms with Crippen molar-refractivity contribution in [1.29, 1.82) is 0 Å². The van der Waals surface area contributed by atoms with E-state index in [9.17, 15) is 0 Å². The Kier molecular flexibility index (Phi) is 7.14. The molecule has 0 amide bonds. The SMILES string of the molecule is CC[S+]1CCCSC1.[I-]. The van der Waals surface area contributed by atoms with Gasteiger partial charge in [0.05, 0.1) is 0 Å². The molecule has 0 radical (unpaired) electrons.